The van der Waals surface area contributed by atoms with Crippen LogP contribution < -0.4 is 14.9 Å². The summed E-state index contributed by atoms with van der Waals surface area (Å²) in [6, 6.07) is 5.77. The molecule has 2 fully saturated rings. The lowest BCUT2D eigenvalue weighted by Gasteiger charge is -2.39. The monoisotopic (exact) mass is 596 g/mol. The molecular formula is C26H28O16. The van der Waals surface area contributed by atoms with E-state index in [-0.39, 0.29) is 11.3 Å². The van der Waals surface area contributed by atoms with E-state index in [0.717, 1.165) is 0 Å². The molecule has 0 amide bonds. The van der Waals surface area contributed by atoms with Gasteiger partial charge in [0.2, 0.25) is 29.5 Å². The molecule has 0 bridgehead atoms. The van der Waals surface area contributed by atoms with Gasteiger partial charge in [-0.1, -0.05) is 0 Å². The van der Waals surface area contributed by atoms with Gasteiger partial charge in [0.05, 0.1) is 13.2 Å². The molecule has 0 saturated carbocycles. The lowest BCUT2D eigenvalue weighted by Crippen LogP contribution is -2.60. The van der Waals surface area contributed by atoms with Crippen LogP contribution in [-0.2, 0) is 9.47 Å². The molecule has 2 aliphatic heterocycles. The first kappa shape index (κ1) is 29.8. The molecule has 16 heteroatoms. The van der Waals surface area contributed by atoms with Gasteiger partial charge in [-0.3, -0.25) is 4.79 Å². The average molecular weight is 596 g/mol. The van der Waals surface area contributed by atoms with Gasteiger partial charge >= 0.3 is 0 Å². The Morgan fingerprint density at radius 3 is 2.10 bits per heavy atom. The highest BCUT2D eigenvalue weighted by molar-refractivity contribution is 5.93. The summed E-state index contributed by atoms with van der Waals surface area (Å²) >= 11 is 0. The van der Waals surface area contributed by atoms with Crippen molar-refractivity contribution in [3.8, 4) is 40.1 Å². The zero-order valence-electron chi connectivity index (χ0n) is 21.4. The minimum absolute atomic E-state index is 0.0765. The summed E-state index contributed by atoms with van der Waals surface area (Å²) < 4.78 is 27.6. The van der Waals surface area contributed by atoms with Crippen LogP contribution >= 0.6 is 0 Å². The number of ether oxygens (including phenoxy) is 4. The summed E-state index contributed by atoms with van der Waals surface area (Å²) in [4.78, 5) is 13.8. The highest BCUT2D eigenvalue weighted by atomic mass is 16.7. The van der Waals surface area contributed by atoms with Crippen molar-refractivity contribution in [2.75, 3.05) is 13.2 Å². The maximum atomic E-state index is 13.8. The molecule has 3 aromatic rings. The van der Waals surface area contributed by atoms with Gasteiger partial charge in [-0.05, 0) is 24.3 Å². The lowest BCUT2D eigenvalue weighted by atomic mass is 9.99. The molecule has 9 atom stereocenters. The summed E-state index contributed by atoms with van der Waals surface area (Å²) in [6.45, 7) is -1.25. The van der Waals surface area contributed by atoms with Gasteiger partial charge in [0.15, 0.2) is 17.1 Å². The van der Waals surface area contributed by atoms with E-state index in [0.29, 0.717) is 6.07 Å². The van der Waals surface area contributed by atoms with Crippen LogP contribution in [0.2, 0.25) is 0 Å². The smallest absolute Gasteiger partial charge is 0.239 e. The largest absolute Gasteiger partial charge is 0.508 e. The Kier molecular flexibility index (Phi) is 8.17. The van der Waals surface area contributed by atoms with Crippen molar-refractivity contribution in [3.05, 3.63) is 40.6 Å². The molecule has 0 aliphatic carbocycles. The third kappa shape index (κ3) is 5.19. The molecule has 2 aromatic carbocycles. The van der Waals surface area contributed by atoms with Crippen LogP contribution in [0.15, 0.2) is 39.5 Å². The molecule has 10 N–H and O–H groups in total. The number of aliphatic hydroxyl groups excluding tert-OH is 7. The summed E-state index contributed by atoms with van der Waals surface area (Å²) in [7, 11) is 0. The number of hydrogen-bond donors (Lipinski definition) is 10. The lowest BCUT2D eigenvalue weighted by molar-refractivity contribution is -0.277. The number of rotatable bonds is 6. The first-order valence-corrected chi connectivity index (χ1v) is 12.6. The van der Waals surface area contributed by atoms with Crippen LogP contribution in [0.5, 0.6) is 28.7 Å². The number of phenols is 3. The zero-order valence-corrected chi connectivity index (χ0v) is 21.4. The van der Waals surface area contributed by atoms with E-state index in [9.17, 15) is 55.9 Å². The zero-order chi connectivity index (χ0) is 30.5. The second-order valence-electron chi connectivity index (χ2n) is 9.77. The van der Waals surface area contributed by atoms with Crippen molar-refractivity contribution in [1.29, 1.82) is 0 Å². The second-order valence-corrected chi connectivity index (χ2v) is 9.77. The van der Waals surface area contributed by atoms with E-state index in [1.807, 2.05) is 0 Å². The number of aromatic hydroxyl groups is 3. The van der Waals surface area contributed by atoms with Gasteiger partial charge in [0.1, 0.15) is 59.6 Å². The summed E-state index contributed by atoms with van der Waals surface area (Å²) in [5.41, 5.74) is -1.62. The fourth-order valence-electron chi connectivity index (χ4n) is 4.60. The number of aliphatic hydroxyl groups is 7. The van der Waals surface area contributed by atoms with Crippen LogP contribution in [0.3, 0.4) is 0 Å². The molecule has 228 valence electrons. The maximum absolute atomic E-state index is 13.8. The Morgan fingerprint density at radius 2 is 1.43 bits per heavy atom. The molecule has 3 heterocycles. The van der Waals surface area contributed by atoms with Crippen LogP contribution in [0.4, 0.5) is 0 Å². The van der Waals surface area contributed by atoms with Crippen molar-refractivity contribution >= 4 is 11.0 Å². The first-order valence-electron chi connectivity index (χ1n) is 12.6. The molecule has 16 nitrogen and oxygen atoms in total. The number of fused-ring (bicyclic) bond motifs is 1. The molecule has 0 unspecified atom stereocenters. The summed E-state index contributed by atoms with van der Waals surface area (Å²) in [5, 5.41) is 101. The molecule has 1 aromatic heterocycles. The number of hydrogen-bond acceptors (Lipinski definition) is 16. The van der Waals surface area contributed by atoms with Crippen molar-refractivity contribution in [3.63, 3.8) is 0 Å². The van der Waals surface area contributed by atoms with E-state index in [1.54, 1.807) is 0 Å². The van der Waals surface area contributed by atoms with Gasteiger partial charge in [0, 0.05) is 11.6 Å². The molecule has 2 aliphatic rings. The first-order chi connectivity index (χ1) is 19.9. The van der Waals surface area contributed by atoms with Gasteiger partial charge in [0.25, 0.3) is 0 Å². The Hall–Kier alpha value is -3.71. The SMILES string of the molecule is O=c1c(O[C@@H]2O[C@H](CO)[C@@H](O)[C@H](O)[C@H]2O)c(-c2ccc(O)cc2)oc2c(O[C@@H]3OC[C@@H](O)[C@H](O)[C@H]3O)c(O)cc(O)c12. The molecule has 42 heavy (non-hydrogen) atoms. The fourth-order valence-corrected chi connectivity index (χ4v) is 4.60. The molecule has 0 spiro atoms. The van der Waals surface area contributed by atoms with Crippen LogP contribution in [0.25, 0.3) is 22.3 Å². The van der Waals surface area contributed by atoms with E-state index in [4.69, 9.17) is 23.4 Å². The predicted molar refractivity (Wildman–Crippen MR) is 136 cm³/mol. The van der Waals surface area contributed by atoms with E-state index < -0.39 is 114 Å². The topological polar surface area (TPSA) is 269 Å². The molecule has 5 rings (SSSR count). The highest BCUT2D eigenvalue weighted by Gasteiger charge is 2.46. The maximum Gasteiger partial charge on any atom is 0.239 e. The van der Waals surface area contributed by atoms with Crippen LogP contribution in [0.1, 0.15) is 0 Å². The molecular weight excluding hydrogens is 568 g/mol. The normalized spacial score (nSPS) is 31.6. The Bertz CT molecular complexity index is 1490. The number of benzene rings is 2. The van der Waals surface area contributed by atoms with Crippen molar-refractivity contribution < 1.29 is 74.4 Å². The minimum atomic E-state index is -1.93. The quantitative estimate of drug-likeness (QED) is 0.142. The highest BCUT2D eigenvalue weighted by Crippen LogP contribution is 2.44. The van der Waals surface area contributed by atoms with E-state index in [1.165, 1.54) is 24.3 Å². The van der Waals surface area contributed by atoms with Crippen LogP contribution in [0, 0.1) is 0 Å². The third-order valence-corrected chi connectivity index (χ3v) is 6.94. The third-order valence-electron chi connectivity index (χ3n) is 6.94. The molecule has 2 saturated heterocycles. The summed E-state index contributed by atoms with van der Waals surface area (Å²) in [5.74, 6) is -3.50. The minimum Gasteiger partial charge on any atom is -0.508 e. The van der Waals surface area contributed by atoms with Crippen molar-refractivity contribution in [1.82, 2.24) is 0 Å². The standard InChI is InChI=1S/C26H28O16/c27-6-13-16(33)18(35)20(37)26(39-13)42-24-17(34)14-10(29)5-11(30)22(41-25-19(36)15(32)12(31)7-38-25)23(14)40-21(24)8-1-3-9(28)4-2-8/h1-5,12-13,15-16,18-20,25-33,35-37H,6-7H2/t12-,13-,15+,16-,18+,19-,20-,25+,26+/m1/s1. The number of phenolic OH excluding ortho intramolecular Hbond substituents is 3. The predicted octanol–water partition coefficient (Wildman–Crippen LogP) is -2.43. The van der Waals surface area contributed by atoms with Crippen molar-refractivity contribution in [2.24, 2.45) is 0 Å². The fraction of sp³-hybridized carbons (Fsp3) is 0.423. The van der Waals surface area contributed by atoms with Crippen molar-refractivity contribution in [2.45, 2.75) is 55.3 Å². The van der Waals surface area contributed by atoms with Gasteiger partial charge in [-0.15, -0.1) is 0 Å². The second kappa shape index (κ2) is 11.5. The van der Waals surface area contributed by atoms with Crippen LogP contribution in [-0.4, -0.2) is 120 Å². The molecule has 0 radical (unpaired) electrons. The summed E-state index contributed by atoms with van der Waals surface area (Å²) in [6.07, 6.45) is -15.3. The Balaban J connectivity index is 1.67. The van der Waals surface area contributed by atoms with E-state index in [2.05, 4.69) is 0 Å². The Morgan fingerprint density at radius 1 is 0.786 bits per heavy atom. The average Bonchev–Trinajstić information content (AvgIpc) is 2.96. The van der Waals surface area contributed by atoms with Gasteiger partial charge < -0.3 is 74.4 Å². The van der Waals surface area contributed by atoms with Gasteiger partial charge in [-0.2, -0.15) is 0 Å². The Labute approximate surface area is 235 Å². The van der Waals surface area contributed by atoms with E-state index >= 15 is 0 Å². The van der Waals surface area contributed by atoms with Gasteiger partial charge in [-0.25, -0.2) is 0 Å².